The van der Waals surface area contributed by atoms with E-state index in [2.05, 4.69) is 15.0 Å². The minimum atomic E-state index is -4.69. The largest absolute Gasteiger partial charge is 0.505 e. The molecule has 0 saturated heterocycles. The van der Waals surface area contributed by atoms with Gasteiger partial charge in [0.2, 0.25) is 0 Å². The summed E-state index contributed by atoms with van der Waals surface area (Å²) < 4.78 is 81.0. The number of phenolic OH excluding ortho intramolecular Hbond substituents is 1. The molecule has 1 N–H and O–H groups in total. The second-order valence-electron chi connectivity index (χ2n) is 9.33. The highest BCUT2D eigenvalue weighted by Gasteiger charge is 2.37. The molecule has 0 radical (unpaired) electrons. The van der Waals surface area contributed by atoms with Crippen LogP contribution in [0.2, 0.25) is 5.02 Å². The lowest BCUT2D eigenvalue weighted by Crippen LogP contribution is -2.24. The molecule has 6 nitrogen and oxygen atoms in total. The lowest BCUT2D eigenvalue weighted by Gasteiger charge is -2.17. The first-order chi connectivity index (χ1) is 18.8. The molecule has 1 fully saturated rings. The van der Waals surface area contributed by atoms with Crippen molar-refractivity contribution in [1.82, 2.24) is 19.5 Å². The van der Waals surface area contributed by atoms with Crippen molar-refractivity contribution in [2.45, 2.75) is 37.7 Å². The van der Waals surface area contributed by atoms with Crippen molar-refractivity contribution in [3.63, 3.8) is 0 Å². The molecule has 1 aliphatic carbocycles. The molecule has 1 aliphatic rings. The van der Waals surface area contributed by atoms with Crippen LogP contribution in [0.5, 0.6) is 5.75 Å². The topological polar surface area (TPSA) is 80.9 Å². The first-order valence-electron chi connectivity index (χ1n) is 11.8. The van der Waals surface area contributed by atoms with E-state index < -0.39 is 29.3 Å². The van der Waals surface area contributed by atoms with Crippen LogP contribution in [0.1, 0.15) is 41.4 Å². The fourth-order valence-corrected chi connectivity index (χ4v) is 5.82. The number of pyridine rings is 2. The minimum absolute atomic E-state index is 0.00216. The molecule has 6 rings (SSSR count). The number of halogens is 7. The number of hydrogen-bond donors (Lipinski definition) is 1. The van der Waals surface area contributed by atoms with Crippen molar-refractivity contribution in [2.75, 3.05) is 0 Å². The number of hydrogen-bond acceptors (Lipinski definition) is 6. The van der Waals surface area contributed by atoms with Crippen molar-refractivity contribution >= 4 is 43.2 Å². The van der Waals surface area contributed by atoms with Crippen molar-refractivity contribution in [2.24, 2.45) is 0 Å². The SMILES string of the molecule is O=c1c2c(nc(-c3ccc(C(F)(F)F)nc3C3CC3)n1Cc1ccc(C(F)(F)F)nc1)sc1c(O)c(Cl)ccc12. The van der Waals surface area contributed by atoms with Gasteiger partial charge in [-0.05, 0) is 42.7 Å². The van der Waals surface area contributed by atoms with Gasteiger partial charge in [0.05, 0.1) is 27.3 Å². The molecule has 1 saturated carbocycles. The van der Waals surface area contributed by atoms with Crippen LogP contribution in [0.3, 0.4) is 0 Å². The number of benzene rings is 1. The Bertz CT molecular complexity index is 1860. The third kappa shape index (κ3) is 4.56. The van der Waals surface area contributed by atoms with Gasteiger partial charge < -0.3 is 5.11 Å². The van der Waals surface area contributed by atoms with Crippen LogP contribution in [-0.4, -0.2) is 24.6 Å². The Morgan fingerprint density at radius 1 is 0.975 bits per heavy atom. The fourth-order valence-electron chi connectivity index (χ4n) is 4.49. The first kappa shape index (κ1) is 26.5. The van der Waals surface area contributed by atoms with Gasteiger partial charge in [0.15, 0.2) is 5.75 Å². The fraction of sp³-hybridized carbons (Fsp3) is 0.231. The molecule has 0 unspecified atom stereocenters. The standard InChI is InChI=1S/C26H15ClF6N4O2S/c27-15-6-4-13-18-23(40-21(13)20(15)38)36-22(14-5-8-17(26(31,32)33)35-19(14)12-2-3-12)37(24(18)39)10-11-1-7-16(34-9-11)25(28,29)30/h1,4-9,12,38H,2-3,10H2. The molecule has 1 aromatic carbocycles. The van der Waals surface area contributed by atoms with Crippen molar-refractivity contribution in [1.29, 1.82) is 0 Å². The van der Waals surface area contributed by atoms with Gasteiger partial charge in [0.25, 0.3) is 5.56 Å². The Balaban J connectivity index is 1.61. The van der Waals surface area contributed by atoms with E-state index in [-0.39, 0.29) is 56.1 Å². The smallest absolute Gasteiger partial charge is 0.433 e. The van der Waals surface area contributed by atoms with Gasteiger partial charge in [-0.1, -0.05) is 23.7 Å². The summed E-state index contributed by atoms with van der Waals surface area (Å²) in [5, 5.41) is 11.0. The van der Waals surface area contributed by atoms with Gasteiger partial charge in [-0.25, -0.2) is 9.97 Å². The van der Waals surface area contributed by atoms with Crippen LogP contribution in [-0.2, 0) is 18.9 Å². The number of alkyl halides is 6. The van der Waals surface area contributed by atoms with E-state index >= 15 is 0 Å². The van der Waals surface area contributed by atoms with Gasteiger partial charge in [0.1, 0.15) is 22.0 Å². The summed E-state index contributed by atoms with van der Waals surface area (Å²) in [7, 11) is 0. The van der Waals surface area contributed by atoms with E-state index in [4.69, 9.17) is 11.6 Å². The van der Waals surface area contributed by atoms with E-state index in [0.29, 0.717) is 22.9 Å². The minimum Gasteiger partial charge on any atom is -0.505 e. The summed E-state index contributed by atoms with van der Waals surface area (Å²) in [5.41, 5.74) is -2.23. The van der Waals surface area contributed by atoms with Crippen molar-refractivity contribution in [3.05, 3.63) is 80.6 Å². The Morgan fingerprint density at radius 2 is 1.68 bits per heavy atom. The van der Waals surface area contributed by atoms with Crippen molar-refractivity contribution < 1.29 is 31.4 Å². The predicted molar refractivity (Wildman–Crippen MR) is 137 cm³/mol. The lowest BCUT2D eigenvalue weighted by molar-refractivity contribution is -0.142. The quantitative estimate of drug-likeness (QED) is 0.219. The Hall–Kier alpha value is -3.71. The van der Waals surface area contributed by atoms with Crippen LogP contribution < -0.4 is 5.56 Å². The highest BCUT2D eigenvalue weighted by Crippen LogP contribution is 2.45. The summed E-state index contributed by atoms with van der Waals surface area (Å²) >= 11 is 7.03. The molecule has 206 valence electrons. The average Bonchev–Trinajstić information content (AvgIpc) is 3.67. The maximum absolute atomic E-state index is 14.0. The number of rotatable bonds is 4. The van der Waals surface area contributed by atoms with Gasteiger partial charge >= 0.3 is 12.4 Å². The zero-order chi connectivity index (χ0) is 28.6. The van der Waals surface area contributed by atoms with Gasteiger partial charge in [0, 0.05) is 23.1 Å². The molecule has 4 heterocycles. The zero-order valence-corrected chi connectivity index (χ0v) is 21.5. The van der Waals surface area contributed by atoms with Gasteiger partial charge in [-0.2, -0.15) is 26.3 Å². The van der Waals surface area contributed by atoms with E-state index in [0.717, 1.165) is 29.7 Å². The lowest BCUT2D eigenvalue weighted by atomic mass is 10.1. The molecule has 0 bridgehead atoms. The van der Waals surface area contributed by atoms with Gasteiger partial charge in [-0.15, -0.1) is 11.3 Å². The molecule has 4 aromatic heterocycles. The van der Waals surface area contributed by atoms with Crippen LogP contribution in [0, 0.1) is 0 Å². The van der Waals surface area contributed by atoms with Gasteiger partial charge in [-0.3, -0.25) is 14.3 Å². The number of aromatic nitrogens is 4. The number of aromatic hydroxyl groups is 1. The highest BCUT2D eigenvalue weighted by molar-refractivity contribution is 7.25. The summed E-state index contributed by atoms with van der Waals surface area (Å²) in [4.78, 5) is 26.1. The first-order valence-corrected chi connectivity index (χ1v) is 13.0. The number of thiophene rings is 1. The second kappa shape index (κ2) is 9.16. The molecule has 0 atom stereocenters. The third-order valence-corrected chi connectivity index (χ3v) is 7.97. The molecule has 14 heteroatoms. The molecular formula is C26H15ClF6N4O2S. The molecule has 0 amide bonds. The summed E-state index contributed by atoms with van der Waals surface area (Å²) in [6.45, 7) is -0.274. The van der Waals surface area contributed by atoms with E-state index in [1.54, 1.807) is 0 Å². The molecular weight excluding hydrogens is 582 g/mol. The van der Waals surface area contributed by atoms with E-state index in [9.17, 15) is 36.2 Å². The number of nitrogens with zero attached hydrogens (tertiary/aromatic N) is 4. The molecule has 5 aromatic rings. The zero-order valence-electron chi connectivity index (χ0n) is 19.9. The summed E-state index contributed by atoms with van der Waals surface area (Å²) in [6.07, 6.45) is -7.16. The van der Waals surface area contributed by atoms with Crippen LogP contribution in [0.4, 0.5) is 26.3 Å². The Labute approximate surface area is 229 Å². The van der Waals surface area contributed by atoms with Crippen LogP contribution in [0.15, 0.2) is 47.4 Å². The molecule has 40 heavy (non-hydrogen) atoms. The maximum Gasteiger partial charge on any atom is 0.433 e. The molecule has 0 aliphatic heterocycles. The Kier molecular flexibility index (Phi) is 6.07. The van der Waals surface area contributed by atoms with Crippen LogP contribution >= 0.6 is 22.9 Å². The summed E-state index contributed by atoms with van der Waals surface area (Å²) in [6, 6.07) is 6.91. The number of fused-ring (bicyclic) bond motifs is 3. The normalized spacial score (nSPS) is 14.4. The Morgan fingerprint density at radius 3 is 2.30 bits per heavy atom. The monoisotopic (exact) mass is 596 g/mol. The maximum atomic E-state index is 14.0. The van der Waals surface area contributed by atoms with Crippen molar-refractivity contribution in [3.8, 4) is 17.1 Å². The predicted octanol–water partition coefficient (Wildman–Crippen LogP) is 7.39. The third-order valence-electron chi connectivity index (χ3n) is 6.56. The van der Waals surface area contributed by atoms with E-state index in [1.807, 2.05) is 0 Å². The number of phenols is 1. The highest BCUT2D eigenvalue weighted by atomic mass is 35.5. The second-order valence-corrected chi connectivity index (χ2v) is 10.7. The summed E-state index contributed by atoms with van der Waals surface area (Å²) in [5.74, 6) is -0.523. The van der Waals surface area contributed by atoms with E-state index in [1.165, 1.54) is 28.8 Å². The molecule has 0 spiro atoms. The average molecular weight is 597 g/mol. The van der Waals surface area contributed by atoms with Crippen LogP contribution in [0.25, 0.3) is 31.7 Å².